The first kappa shape index (κ1) is 15.0. The van der Waals surface area contributed by atoms with Crippen molar-refractivity contribution in [3.05, 3.63) is 45.2 Å². The normalized spacial score (nSPS) is 11.3. The lowest BCUT2D eigenvalue weighted by Gasteiger charge is -2.09. The van der Waals surface area contributed by atoms with E-state index in [0.717, 1.165) is 27.4 Å². The summed E-state index contributed by atoms with van der Waals surface area (Å²) in [4.78, 5) is 10.8. The lowest BCUT2D eigenvalue weighted by molar-refractivity contribution is 0.0697. The summed E-state index contributed by atoms with van der Waals surface area (Å²) in [6.45, 7) is 1.78. The van der Waals surface area contributed by atoms with Gasteiger partial charge in [0.15, 0.2) is 0 Å². The van der Waals surface area contributed by atoms with Crippen LogP contribution in [0.15, 0.2) is 38.3 Å². The minimum Gasteiger partial charge on any atom is -0.478 e. The van der Waals surface area contributed by atoms with Crippen molar-refractivity contribution in [2.45, 2.75) is 11.1 Å². The Morgan fingerprint density at radius 3 is 2.60 bits per heavy atom. The first-order valence-electron chi connectivity index (χ1n) is 5.40. The van der Waals surface area contributed by atoms with E-state index in [1.165, 1.54) is 5.38 Å². The van der Waals surface area contributed by atoms with Gasteiger partial charge in [-0.05, 0) is 36.8 Å². The number of thiophene rings is 1. The maximum atomic E-state index is 12.2. The Morgan fingerprint density at radius 2 is 2.05 bits per heavy atom. The van der Waals surface area contributed by atoms with Crippen LogP contribution in [-0.2, 0) is 10.0 Å². The minimum atomic E-state index is -3.77. The van der Waals surface area contributed by atoms with E-state index in [-0.39, 0.29) is 9.77 Å². The van der Waals surface area contributed by atoms with Crippen LogP contribution in [-0.4, -0.2) is 19.5 Å². The quantitative estimate of drug-likeness (QED) is 0.858. The van der Waals surface area contributed by atoms with E-state index in [0.29, 0.717) is 5.69 Å². The van der Waals surface area contributed by atoms with Crippen molar-refractivity contribution in [1.29, 1.82) is 0 Å². The number of carboxylic acids is 1. The molecular formula is C12H10BrNO4S2. The molecule has 2 rings (SSSR count). The molecule has 0 atom stereocenters. The molecule has 0 spiro atoms. The fraction of sp³-hybridized carbons (Fsp3) is 0.0833. The van der Waals surface area contributed by atoms with Crippen molar-refractivity contribution in [1.82, 2.24) is 0 Å². The Morgan fingerprint density at radius 1 is 1.35 bits per heavy atom. The highest BCUT2D eigenvalue weighted by molar-refractivity contribution is 9.10. The zero-order chi connectivity index (χ0) is 14.9. The SMILES string of the molecule is Cc1cc(Br)ccc1NS(=O)(=O)c1cc(C(=O)O)cs1. The van der Waals surface area contributed by atoms with Crippen LogP contribution in [0, 0.1) is 6.92 Å². The van der Waals surface area contributed by atoms with Gasteiger partial charge in [-0.15, -0.1) is 11.3 Å². The summed E-state index contributed by atoms with van der Waals surface area (Å²) in [5, 5.41) is 10.1. The maximum absolute atomic E-state index is 12.2. The van der Waals surface area contributed by atoms with Gasteiger partial charge in [0, 0.05) is 9.85 Å². The zero-order valence-corrected chi connectivity index (χ0v) is 13.5. The van der Waals surface area contributed by atoms with E-state index in [9.17, 15) is 13.2 Å². The van der Waals surface area contributed by atoms with Crippen molar-refractivity contribution in [3.63, 3.8) is 0 Å². The van der Waals surface area contributed by atoms with Crippen LogP contribution < -0.4 is 4.72 Å². The summed E-state index contributed by atoms with van der Waals surface area (Å²) in [5.74, 6) is -1.15. The van der Waals surface area contributed by atoms with E-state index in [4.69, 9.17) is 5.11 Å². The van der Waals surface area contributed by atoms with Crippen molar-refractivity contribution in [2.75, 3.05) is 4.72 Å². The van der Waals surface area contributed by atoms with Gasteiger partial charge in [-0.1, -0.05) is 15.9 Å². The van der Waals surface area contributed by atoms with Gasteiger partial charge in [0.1, 0.15) is 4.21 Å². The van der Waals surface area contributed by atoms with E-state index < -0.39 is 16.0 Å². The van der Waals surface area contributed by atoms with Crippen LogP contribution in [0.3, 0.4) is 0 Å². The summed E-state index contributed by atoms with van der Waals surface area (Å²) in [5.41, 5.74) is 1.18. The molecule has 0 bridgehead atoms. The highest BCUT2D eigenvalue weighted by Gasteiger charge is 2.19. The molecule has 0 saturated carbocycles. The fourth-order valence-electron chi connectivity index (χ4n) is 1.51. The zero-order valence-electron chi connectivity index (χ0n) is 10.3. The molecule has 1 heterocycles. The molecule has 1 aromatic carbocycles. The Balaban J connectivity index is 2.33. The van der Waals surface area contributed by atoms with Gasteiger partial charge in [0.05, 0.1) is 11.3 Å². The predicted molar refractivity (Wildman–Crippen MR) is 81.0 cm³/mol. The van der Waals surface area contributed by atoms with Gasteiger partial charge in [-0.2, -0.15) is 0 Å². The first-order valence-corrected chi connectivity index (χ1v) is 8.56. The smallest absolute Gasteiger partial charge is 0.336 e. The number of nitrogens with one attached hydrogen (secondary N) is 1. The van der Waals surface area contributed by atoms with Crippen LogP contribution in [0.2, 0.25) is 0 Å². The van der Waals surface area contributed by atoms with Gasteiger partial charge in [-0.3, -0.25) is 4.72 Å². The Kier molecular flexibility index (Phi) is 4.17. The number of carbonyl (C=O) groups is 1. The molecule has 0 amide bonds. The van der Waals surface area contributed by atoms with E-state index in [2.05, 4.69) is 20.7 Å². The fourth-order valence-corrected chi connectivity index (χ4v) is 4.27. The number of rotatable bonds is 4. The molecule has 2 N–H and O–H groups in total. The van der Waals surface area contributed by atoms with E-state index in [1.807, 2.05) is 0 Å². The molecule has 0 radical (unpaired) electrons. The largest absolute Gasteiger partial charge is 0.478 e. The molecule has 0 fully saturated rings. The van der Waals surface area contributed by atoms with Crippen LogP contribution in [0.1, 0.15) is 15.9 Å². The molecule has 1 aromatic heterocycles. The van der Waals surface area contributed by atoms with Crippen molar-refractivity contribution in [3.8, 4) is 0 Å². The van der Waals surface area contributed by atoms with Gasteiger partial charge in [-0.25, -0.2) is 13.2 Å². The standard InChI is InChI=1S/C12H10BrNO4S2/c1-7-4-9(13)2-3-10(7)14-20(17,18)11-5-8(6-19-11)12(15)16/h2-6,14H,1H3,(H,15,16). The van der Waals surface area contributed by atoms with Crippen LogP contribution in [0.25, 0.3) is 0 Å². The number of hydrogen-bond acceptors (Lipinski definition) is 4. The lowest BCUT2D eigenvalue weighted by Crippen LogP contribution is -2.12. The van der Waals surface area contributed by atoms with Crippen molar-refractivity contribution >= 4 is 48.9 Å². The summed E-state index contributed by atoms with van der Waals surface area (Å²) in [6.07, 6.45) is 0. The molecule has 2 aromatic rings. The molecular weight excluding hydrogens is 366 g/mol. The Hall–Kier alpha value is -1.38. The third-order valence-electron chi connectivity index (χ3n) is 2.52. The lowest BCUT2D eigenvalue weighted by atomic mass is 10.2. The molecule has 5 nitrogen and oxygen atoms in total. The number of hydrogen-bond donors (Lipinski definition) is 2. The van der Waals surface area contributed by atoms with E-state index in [1.54, 1.807) is 25.1 Å². The highest BCUT2D eigenvalue weighted by atomic mass is 79.9. The third-order valence-corrected chi connectivity index (χ3v) is 5.82. The topological polar surface area (TPSA) is 83.5 Å². The number of sulfonamides is 1. The second-order valence-electron chi connectivity index (χ2n) is 4.02. The molecule has 0 aliphatic rings. The number of aromatic carboxylic acids is 1. The molecule has 0 aliphatic heterocycles. The van der Waals surface area contributed by atoms with Gasteiger partial charge in [0.2, 0.25) is 0 Å². The van der Waals surface area contributed by atoms with Gasteiger partial charge < -0.3 is 5.11 Å². The van der Waals surface area contributed by atoms with Gasteiger partial charge in [0.25, 0.3) is 10.0 Å². The Bertz CT molecular complexity index is 768. The average molecular weight is 376 g/mol. The molecule has 20 heavy (non-hydrogen) atoms. The third kappa shape index (κ3) is 3.20. The average Bonchev–Trinajstić information content (AvgIpc) is 2.83. The van der Waals surface area contributed by atoms with Gasteiger partial charge >= 0.3 is 5.97 Å². The Labute approximate surface area is 128 Å². The molecule has 0 aliphatic carbocycles. The minimum absolute atomic E-state index is 0.0304. The summed E-state index contributed by atoms with van der Waals surface area (Å²) < 4.78 is 27.6. The van der Waals surface area contributed by atoms with Crippen LogP contribution in [0.5, 0.6) is 0 Å². The van der Waals surface area contributed by atoms with E-state index >= 15 is 0 Å². The van der Waals surface area contributed by atoms with Crippen LogP contribution >= 0.6 is 27.3 Å². The second kappa shape index (κ2) is 5.55. The molecule has 0 unspecified atom stereocenters. The number of halogens is 1. The monoisotopic (exact) mass is 375 g/mol. The predicted octanol–water partition coefficient (Wildman–Crippen LogP) is 3.32. The maximum Gasteiger partial charge on any atom is 0.336 e. The number of benzene rings is 1. The number of carboxylic acid groups (broad SMARTS) is 1. The highest BCUT2D eigenvalue weighted by Crippen LogP contribution is 2.26. The van der Waals surface area contributed by atoms with Crippen LogP contribution in [0.4, 0.5) is 5.69 Å². The molecule has 0 saturated heterocycles. The summed E-state index contributed by atoms with van der Waals surface area (Å²) in [6, 6.07) is 6.29. The first-order chi connectivity index (χ1) is 9.29. The van der Waals surface area contributed by atoms with Crippen molar-refractivity contribution < 1.29 is 18.3 Å². The second-order valence-corrected chi connectivity index (χ2v) is 7.76. The van der Waals surface area contributed by atoms with Crippen molar-refractivity contribution in [2.24, 2.45) is 0 Å². The summed E-state index contributed by atoms with van der Waals surface area (Å²) >= 11 is 4.17. The molecule has 8 heteroatoms. The molecule has 106 valence electrons. The summed E-state index contributed by atoms with van der Waals surface area (Å²) in [7, 11) is -3.77. The number of anilines is 1. The number of aryl methyl sites for hydroxylation is 1.